The molecule has 3 N–H and O–H groups in total. The molecule has 6 nitrogen and oxygen atoms in total. The summed E-state index contributed by atoms with van der Waals surface area (Å²) in [6.07, 6.45) is 1.41. The Balaban J connectivity index is 1.78. The second kappa shape index (κ2) is 5.98. The minimum atomic E-state index is -0.616. The quantitative estimate of drug-likeness (QED) is 0.825. The number of primary amides is 1. The van der Waals surface area contributed by atoms with Crippen LogP contribution in [0.3, 0.4) is 0 Å². The van der Waals surface area contributed by atoms with Crippen molar-refractivity contribution in [3.05, 3.63) is 23.7 Å². The Morgan fingerprint density at radius 1 is 1.50 bits per heavy atom. The number of amides is 3. The first kappa shape index (κ1) is 14.4. The van der Waals surface area contributed by atoms with E-state index in [9.17, 15) is 9.59 Å². The molecule has 1 saturated carbocycles. The molecule has 0 bridgehead atoms. The Kier molecular flexibility index (Phi) is 4.32. The van der Waals surface area contributed by atoms with Crippen molar-refractivity contribution in [1.29, 1.82) is 0 Å². The van der Waals surface area contributed by atoms with Crippen molar-refractivity contribution in [3.8, 4) is 0 Å². The third kappa shape index (κ3) is 3.76. The summed E-state index contributed by atoms with van der Waals surface area (Å²) < 4.78 is 5.76. The average molecular weight is 279 g/mol. The van der Waals surface area contributed by atoms with Crippen LogP contribution in [0.1, 0.15) is 37.2 Å². The van der Waals surface area contributed by atoms with E-state index in [2.05, 4.69) is 12.2 Å². The van der Waals surface area contributed by atoms with Crippen molar-refractivity contribution in [2.45, 2.75) is 32.2 Å². The van der Waals surface area contributed by atoms with Gasteiger partial charge in [0.2, 0.25) is 5.91 Å². The van der Waals surface area contributed by atoms with E-state index in [-0.39, 0.29) is 18.9 Å². The Labute approximate surface area is 118 Å². The fraction of sp³-hybridized carbons (Fsp3) is 0.571. The van der Waals surface area contributed by atoms with Gasteiger partial charge in [-0.25, -0.2) is 4.79 Å². The Hall–Kier alpha value is -1.98. The van der Waals surface area contributed by atoms with Crippen molar-refractivity contribution >= 4 is 11.9 Å². The number of nitrogens with zero attached hydrogens (tertiary/aromatic N) is 1. The maximum Gasteiger partial charge on any atom is 0.312 e. The molecular weight excluding hydrogens is 258 g/mol. The van der Waals surface area contributed by atoms with E-state index < -0.39 is 6.03 Å². The van der Waals surface area contributed by atoms with Gasteiger partial charge < -0.3 is 20.4 Å². The lowest BCUT2D eigenvalue weighted by molar-refractivity contribution is -0.130. The molecule has 0 aromatic carbocycles. The minimum Gasteiger partial charge on any atom is -0.464 e. The first-order valence-electron chi connectivity index (χ1n) is 6.83. The topological polar surface area (TPSA) is 88.6 Å². The predicted octanol–water partition coefficient (Wildman–Crippen LogP) is 1.42. The van der Waals surface area contributed by atoms with Crippen molar-refractivity contribution < 1.29 is 14.0 Å². The van der Waals surface area contributed by atoms with E-state index in [1.54, 1.807) is 11.9 Å². The van der Waals surface area contributed by atoms with Crippen LogP contribution in [0.5, 0.6) is 0 Å². The third-order valence-corrected chi connectivity index (χ3v) is 3.61. The minimum absolute atomic E-state index is 0.0588. The number of nitrogens with two attached hydrogens (primary N) is 1. The van der Waals surface area contributed by atoms with E-state index in [4.69, 9.17) is 10.2 Å². The summed E-state index contributed by atoms with van der Waals surface area (Å²) >= 11 is 0. The average Bonchev–Trinajstić information content (AvgIpc) is 2.93. The Morgan fingerprint density at radius 2 is 2.20 bits per heavy atom. The van der Waals surface area contributed by atoms with Gasteiger partial charge >= 0.3 is 6.03 Å². The van der Waals surface area contributed by atoms with Crippen molar-refractivity contribution in [2.75, 3.05) is 13.6 Å². The number of carbonyl (C=O) groups is 2. The fourth-order valence-corrected chi connectivity index (χ4v) is 2.20. The summed E-state index contributed by atoms with van der Waals surface area (Å²) in [5.41, 5.74) is 4.94. The second-order valence-corrected chi connectivity index (χ2v) is 5.41. The fourth-order valence-electron chi connectivity index (χ4n) is 2.20. The van der Waals surface area contributed by atoms with Crippen LogP contribution in [0, 0.1) is 5.92 Å². The van der Waals surface area contributed by atoms with E-state index in [0.717, 1.165) is 11.5 Å². The highest BCUT2D eigenvalue weighted by atomic mass is 16.3. The zero-order chi connectivity index (χ0) is 14.7. The number of hydrogen-bond donors (Lipinski definition) is 2. The zero-order valence-corrected chi connectivity index (χ0v) is 11.9. The zero-order valence-electron chi connectivity index (χ0n) is 11.9. The second-order valence-electron chi connectivity index (χ2n) is 5.41. The van der Waals surface area contributed by atoms with Crippen molar-refractivity contribution in [3.63, 3.8) is 0 Å². The molecule has 1 aliphatic carbocycles. The van der Waals surface area contributed by atoms with Gasteiger partial charge in [0.05, 0.1) is 6.54 Å². The number of carbonyl (C=O) groups excluding carboxylic acids is 2. The molecule has 0 aliphatic heterocycles. The summed E-state index contributed by atoms with van der Waals surface area (Å²) in [7, 11) is 1.72. The normalized spacial score (nSPS) is 20.5. The molecule has 3 amide bonds. The van der Waals surface area contributed by atoms with Gasteiger partial charge in [-0.1, -0.05) is 6.92 Å². The van der Waals surface area contributed by atoms with Gasteiger partial charge in [-0.05, 0) is 24.5 Å². The first-order chi connectivity index (χ1) is 9.47. The number of rotatable bonds is 6. The molecule has 1 aliphatic rings. The van der Waals surface area contributed by atoms with Crippen LogP contribution in [0.15, 0.2) is 16.5 Å². The molecule has 0 radical (unpaired) electrons. The van der Waals surface area contributed by atoms with E-state index in [1.165, 1.54) is 6.42 Å². The number of nitrogens with one attached hydrogen (secondary N) is 1. The molecule has 1 aromatic heterocycles. The van der Waals surface area contributed by atoms with Crippen LogP contribution >= 0.6 is 0 Å². The maximum absolute atomic E-state index is 11.8. The maximum atomic E-state index is 11.8. The van der Waals surface area contributed by atoms with Crippen LogP contribution < -0.4 is 11.1 Å². The van der Waals surface area contributed by atoms with Gasteiger partial charge in [-0.3, -0.25) is 4.79 Å². The number of hydrogen-bond acceptors (Lipinski definition) is 3. The lowest BCUT2D eigenvalue weighted by atomic mass is 10.3. The van der Waals surface area contributed by atoms with Crippen LogP contribution in [0.4, 0.5) is 4.79 Å². The molecule has 6 heteroatoms. The summed E-state index contributed by atoms with van der Waals surface area (Å²) in [4.78, 5) is 23.9. The van der Waals surface area contributed by atoms with E-state index >= 15 is 0 Å². The molecule has 1 fully saturated rings. The molecule has 2 atom stereocenters. The lowest BCUT2D eigenvalue weighted by Gasteiger charge is -2.15. The SMILES string of the molecule is C[C@@H]1C[C@H]1c1ccc(CN(C)C(=O)CCNC(N)=O)o1. The number of urea groups is 1. The molecule has 0 spiro atoms. The van der Waals surface area contributed by atoms with Crippen LogP contribution in [0.2, 0.25) is 0 Å². The third-order valence-electron chi connectivity index (χ3n) is 3.61. The van der Waals surface area contributed by atoms with Crippen LogP contribution in [-0.2, 0) is 11.3 Å². The highest BCUT2D eigenvalue weighted by Gasteiger charge is 2.36. The van der Waals surface area contributed by atoms with Crippen molar-refractivity contribution in [1.82, 2.24) is 10.2 Å². The molecule has 1 heterocycles. The molecule has 0 unspecified atom stereocenters. The van der Waals surface area contributed by atoms with Crippen LogP contribution in [0.25, 0.3) is 0 Å². The predicted molar refractivity (Wildman–Crippen MR) is 73.9 cm³/mol. The van der Waals surface area contributed by atoms with E-state index in [0.29, 0.717) is 18.4 Å². The van der Waals surface area contributed by atoms with Gasteiger partial charge in [-0.15, -0.1) is 0 Å². The largest absolute Gasteiger partial charge is 0.464 e. The molecule has 1 aromatic rings. The van der Waals surface area contributed by atoms with Gasteiger partial charge in [0.15, 0.2) is 0 Å². The summed E-state index contributed by atoms with van der Waals surface area (Å²) in [5.74, 6) is 3.00. The smallest absolute Gasteiger partial charge is 0.312 e. The first-order valence-corrected chi connectivity index (χ1v) is 6.83. The van der Waals surface area contributed by atoms with Gasteiger partial charge in [0, 0.05) is 25.9 Å². The number of furan rings is 1. The summed E-state index contributed by atoms with van der Waals surface area (Å²) in [6.45, 7) is 2.90. The molecule has 2 rings (SSSR count). The molecule has 0 saturated heterocycles. The molecule has 20 heavy (non-hydrogen) atoms. The lowest BCUT2D eigenvalue weighted by Crippen LogP contribution is -2.34. The highest BCUT2D eigenvalue weighted by Crippen LogP contribution is 2.47. The van der Waals surface area contributed by atoms with Gasteiger partial charge in [0.25, 0.3) is 0 Å². The highest BCUT2D eigenvalue weighted by molar-refractivity contribution is 5.77. The van der Waals surface area contributed by atoms with Gasteiger partial charge in [0.1, 0.15) is 11.5 Å². The summed E-state index contributed by atoms with van der Waals surface area (Å²) in [6, 6.07) is 3.30. The Bertz CT molecular complexity index is 498. The molecular formula is C14H21N3O3. The monoisotopic (exact) mass is 279 g/mol. The Morgan fingerprint density at radius 3 is 2.80 bits per heavy atom. The van der Waals surface area contributed by atoms with E-state index in [1.807, 2.05) is 12.1 Å². The summed E-state index contributed by atoms with van der Waals surface area (Å²) in [5, 5.41) is 2.40. The van der Waals surface area contributed by atoms with Crippen LogP contribution in [-0.4, -0.2) is 30.4 Å². The van der Waals surface area contributed by atoms with Crippen molar-refractivity contribution in [2.24, 2.45) is 11.7 Å². The molecule has 110 valence electrons. The standard InChI is InChI=1S/C14H21N3O3/c1-9-7-11(9)12-4-3-10(20-12)8-17(2)13(18)5-6-16-14(15)19/h3-4,9,11H,5-8H2,1-2H3,(H3,15,16,19)/t9-,11-/m1/s1. The van der Waals surface area contributed by atoms with Gasteiger partial charge in [-0.2, -0.15) is 0 Å².